The number of hydrogen-bond donors (Lipinski definition) is 3. The van der Waals surface area contributed by atoms with E-state index in [-0.39, 0.29) is 5.75 Å². The number of nitrogens with one attached hydrogen (secondary N) is 2. The monoisotopic (exact) mass is 326 g/mol. The van der Waals surface area contributed by atoms with Crippen molar-refractivity contribution in [2.24, 2.45) is 5.10 Å². The Bertz CT molecular complexity index is 697. The van der Waals surface area contributed by atoms with Crippen molar-refractivity contribution in [2.75, 3.05) is 23.3 Å². The molecule has 3 N–H and O–H groups in total. The lowest BCUT2D eigenvalue weighted by Gasteiger charge is -2.21. The first-order valence-corrected chi connectivity index (χ1v) is 7.87. The van der Waals surface area contributed by atoms with Crippen molar-refractivity contribution in [3.63, 3.8) is 0 Å². The number of carbonyl (C=O) groups excluding carboxylic acids is 1. The molecule has 0 aliphatic heterocycles. The van der Waals surface area contributed by atoms with Crippen LogP contribution in [0.2, 0.25) is 0 Å². The molecule has 2 amide bonds. The minimum atomic E-state index is -0.447. The molecule has 6 heteroatoms. The summed E-state index contributed by atoms with van der Waals surface area (Å²) in [5, 5.41) is 16.6. The maximum absolute atomic E-state index is 11.7. The zero-order valence-electron chi connectivity index (χ0n) is 13.9. The van der Waals surface area contributed by atoms with Crippen LogP contribution in [0, 0.1) is 0 Å². The van der Waals surface area contributed by atoms with Crippen LogP contribution in [0.3, 0.4) is 0 Å². The number of amides is 2. The summed E-state index contributed by atoms with van der Waals surface area (Å²) >= 11 is 0. The molecular weight excluding hydrogens is 304 g/mol. The van der Waals surface area contributed by atoms with Gasteiger partial charge in [-0.25, -0.2) is 10.2 Å². The molecule has 0 unspecified atom stereocenters. The highest BCUT2D eigenvalue weighted by Crippen LogP contribution is 2.23. The lowest BCUT2D eigenvalue weighted by Crippen LogP contribution is -2.24. The Hall–Kier alpha value is -3.02. The van der Waals surface area contributed by atoms with Crippen molar-refractivity contribution in [3.05, 3.63) is 54.1 Å². The number of hydrogen-bond acceptors (Lipinski definition) is 4. The first kappa shape index (κ1) is 17.3. The quantitative estimate of drug-likeness (QED) is 0.562. The third-order valence-electron chi connectivity index (χ3n) is 3.54. The molecule has 0 heterocycles. The van der Waals surface area contributed by atoms with Crippen molar-refractivity contribution in [1.82, 2.24) is 5.43 Å². The molecule has 2 aromatic rings. The number of phenols is 1. The van der Waals surface area contributed by atoms with E-state index in [2.05, 4.69) is 34.6 Å². The van der Waals surface area contributed by atoms with Gasteiger partial charge in [0.05, 0.1) is 6.21 Å². The zero-order valence-corrected chi connectivity index (χ0v) is 13.9. The first-order chi connectivity index (χ1) is 11.6. The number of benzene rings is 2. The standard InChI is InChI=1S/C18H22N4O2/c1-3-22(4-2)16-11-10-14(17(23)12-16)13-19-21-18(24)20-15-8-6-5-7-9-15/h5-13,23H,3-4H2,1-2H3,(H2,20,21,24)/b19-13+. The predicted molar refractivity (Wildman–Crippen MR) is 97.9 cm³/mol. The molecule has 2 rings (SSSR count). The molecule has 24 heavy (non-hydrogen) atoms. The lowest BCUT2D eigenvalue weighted by atomic mass is 10.2. The van der Waals surface area contributed by atoms with Gasteiger partial charge >= 0.3 is 6.03 Å². The highest BCUT2D eigenvalue weighted by Gasteiger charge is 2.05. The van der Waals surface area contributed by atoms with E-state index < -0.39 is 6.03 Å². The minimum Gasteiger partial charge on any atom is -0.507 e. The van der Waals surface area contributed by atoms with Gasteiger partial charge in [-0.15, -0.1) is 0 Å². The molecule has 0 bridgehead atoms. The molecule has 2 aromatic carbocycles. The Morgan fingerprint density at radius 3 is 2.50 bits per heavy atom. The van der Waals surface area contributed by atoms with Crippen molar-refractivity contribution in [2.45, 2.75) is 13.8 Å². The number of anilines is 2. The Balaban J connectivity index is 1.95. The Labute approximate surface area is 141 Å². The number of nitrogens with zero attached hydrogens (tertiary/aromatic N) is 2. The second kappa shape index (κ2) is 8.57. The van der Waals surface area contributed by atoms with E-state index in [9.17, 15) is 9.90 Å². The van der Waals surface area contributed by atoms with Gasteiger partial charge in [-0.1, -0.05) is 18.2 Å². The third-order valence-corrected chi connectivity index (χ3v) is 3.54. The molecule has 6 nitrogen and oxygen atoms in total. The molecule has 0 aliphatic carbocycles. The number of rotatable bonds is 6. The van der Waals surface area contributed by atoms with Gasteiger partial charge < -0.3 is 15.3 Å². The van der Waals surface area contributed by atoms with Gasteiger partial charge in [0.2, 0.25) is 0 Å². The molecule has 0 atom stereocenters. The van der Waals surface area contributed by atoms with Crippen LogP contribution in [0.5, 0.6) is 5.75 Å². The summed E-state index contributed by atoms with van der Waals surface area (Å²) in [7, 11) is 0. The molecule has 0 radical (unpaired) electrons. The third kappa shape index (κ3) is 4.74. The maximum atomic E-state index is 11.7. The fourth-order valence-corrected chi connectivity index (χ4v) is 2.27. The Morgan fingerprint density at radius 1 is 1.17 bits per heavy atom. The van der Waals surface area contributed by atoms with Gasteiger partial charge in [-0.05, 0) is 38.1 Å². The Kier molecular flexibility index (Phi) is 6.19. The van der Waals surface area contributed by atoms with Crippen LogP contribution in [0.15, 0.2) is 53.6 Å². The van der Waals surface area contributed by atoms with Crippen molar-refractivity contribution < 1.29 is 9.90 Å². The van der Waals surface area contributed by atoms with E-state index in [1.165, 1.54) is 6.21 Å². The summed E-state index contributed by atoms with van der Waals surface area (Å²) in [5.41, 5.74) is 4.52. The largest absolute Gasteiger partial charge is 0.507 e. The summed E-state index contributed by atoms with van der Waals surface area (Å²) in [5.74, 6) is 0.119. The van der Waals surface area contributed by atoms with Gasteiger partial charge in [0.1, 0.15) is 5.75 Å². The average Bonchev–Trinajstić information content (AvgIpc) is 2.59. The maximum Gasteiger partial charge on any atom is 0.339 e. The summed E-state index contributed by atoms with van der Waals surface area (Å²) < 4.78 is 0. The highest BCUT2D eigenvalue weighted by atomic mass is 16.3. The summed E-state index contributed by atoms with van der Waals surface area (Å²) in [6.45, 7) is 5.85. The fourth-order valence-electron chi connectivity index (χ4n) is 2.27. The van der Waals surface area contributed by atoms with E-state index in [0.717, 1.165) is 18.8 Å². The van der Waals surface area contributed by atoms with Crippen LogP contribution >= 0.6 is 0 Å². The van der Waals surface area contributed by atoms with Crippen LogP contribution in [0.25, 0.3) is 0 Å². The van der Waals surface area contributed by atoms with E-state index in [4.69, 9.17) is 0 Å². The van der Waals surface area contributed by atoms with Gasteiger partial charge in [-0.3, -0.25) is 0 Å². The van der Waals surface area contributed by atoms with Crippen molar-refractivity contribution >= 4 is 23.6 Å². The first-order valence-electron chi connectivity index (χ1n) is 7.87. The van der Waals surface area contributed by atoms with Crippen LogP contribution < -0.4 is 15.6 Å². The van der Waals surface area contributed by atoms with Crippen LogP contribution in [-0.2, 0) is 0 Å². The van der Waals surface area contributed by atoms with Gasteiger partial charge in [0, 0.05) is 36.1 Å². The van der Waals surface area contributed by atoms with E-state index in [1.807, 2.05) is 24.3 Å². The molecule has 0 spiro atoms. The van der Waals surface area contributed by atoms with Gasteiger partial charge in [0.25, 0.3) is 0 Å². The number of carbonyl (C=O) groups is 1. The van der Waals surface area contributed by atoms with E-state index in [0.29, 0.717) is 11.3 Å². The normalized spacial score (nSPS) is 10.6. The summed E-state index contributed by atoms with van der Waals surface area (Å²) in [6, 6.07) is 14.0. The van der Waals surface area contributed by atoms with E-state index in [1.54, 1.807) is 24.3 Å². The highest BCUT2D eigenvalue weighted by molar-refractivity contribution is 5.91. The smallest absolute Gasteiger partial charge is 0.339 e. The number of aromatic hydroxyl groups is 1. The molecule has 0 saturated carbocycles. The lowest BCUT2D eigenvalue weighted by molar-refractivity contribution is 0.252. The second-order valence-corrected chi connectivity index (χ2v) is 5.11. The average molecular weight is 326 g/mol. The van der Waals surface area contributed by atoms with Crippen LogP contribution in [0.4, 0.5) is 16.2 Å². The zero-order chi connectivity index (χ0) is 17.4. The topological polar surface area (TPSA) is 77.0 Å². The predicted octanol–water partition coefficient (Wildman–Crippen LogP) is 3.39. The molecule has 0 aliphatic rings. The SMILES string of the molecule is CCN(CC)c1ccc(/C=N/NC(=O)Nc2ccccc2)c(O)c1. The number of urea groups is 1. The number of phenolic OH excluding ortho intramolecular Hbond substituents is 1. The summed E-state index contributed by atoms with van der Waals surface area (Å²) in [6.07, 6.45) is 1.41. The fraction of sp³-hybridized carbons (Fsp3) is 0.222. The molecular formula is C18H22N4O2. The second-order valence-electron chi connectivity index (χ2n) is 5.11. The van der Waals surface area contributed by atoms with Crippen molar-refractivity contribution in [1.29, 1.82) is 0 Å². The molecule has 0 fully saturated rings. The number of para-hydroxylation sites is 1. The number of hydrazone groups is 1. The van der Waals surface area contributed by atoms with Gasteiger partial charge in [-0.2, -0.15) is 5.10 Å². The van der Waals surface area contributed by atoms with Gasteiger partial charge in [0.15, 0.2) is 0 Å². The Morgan fingerprint density at radius 2 is 1.88 bits per heavy atom. The van der Waals surface area contributed by atoms with E-state index >= 15 is 0 Å². The van der Waals surface area contributed by atoms with Crippen LogP contribution in [-0.4, -0.2) is 30.4 Å². The van der Waals surface area contributed by atoms with Crippen LogP contribution in [0.1, 0.15) is 19.4 Å². The molecule has 0 saturated heterocycles. The minimum absolute atomic E-state index is 0.119. The molecule has 0 aromatic heterocycles. The molecule has 126 valence electrons. The van der Waals surface area contributed by atoms with Crippen molar-refractivity contribution in [3.8, 4) is 5.75 Å². The summed E-state index contributed by atoms with van der Waals surface area (Å²) in [4.78, 5) is 13.8.